The summed E-state index contributed by atoms with van der Waals surface area (Å²) in [6.07, 6.45) is 0. The van der Waals surface area contributed by atoms with Gasteiger partial charge < -0.3 is 9.52 Å². The Morgan fingerprint density at radius 2 is 1.76 bits per heavy atom. The van der Waals surface area contributed by atoms with Crippen molar-refractivity contribution in [1.29, 1.82) is 0 Å². The van der Waals surface area contributed by atoms with Crippen molar-refractivity contribution >= 4 is 37.7 Å². The minimum Gasteiger partial charge on any atom is -0.480 e. The lowest BCUT2D eigenvalue weighted by molar-refractivity contribution is -0.136. The van der Waals surface area contributed by atoms with Crippen LogP contribution in [0.15, 0.2) is 51.8 Å². The number of benzene rings is 2. The number of carboxylic acids is 1. The molecule has 1 aromatic heterocycles. The molecule has 5 nitrogen and oxygen atoms in total. The number of furan rings is 1. The molecule has 21 heavy (non-hydrogen) atoms. The fourth-order valence-corrected chi connectivity index (χ4v) is 3.59. The zero-order valence-corrected chi connectivity index (χ0v) is 11.9. The highest BCUT2D eigenvalue weighted by Crippen LogP contribution is 2.33. The molecule has 0 amide bonds. The molecule has 0 saturated carbocycles. The van der Waals surface area contributed by atoms with Gasteiger partial charge in [0, 0.05) is 10.8 Å². The first-order valence-electron chi connectivity index (χ1n) is 6.30. The van der Waals surface area contributed by atoms with Crippen LogP contribution in [0.2, 0.25) is 0 Å². The normalized spacial score (nSPS) is 13.6. The maximum absolute atomic E-state index is 12.4. The van der Waals surface area contributed by atoms with E-state index in [1.54, 1.807) is 24.3 Å². The summed E-state index contributed by atoms with van der Waals surface area (Å²) >= 11 is 0. The van der Waals surface area contributed by atoms with Crippen molar-refractivity contribution in [3.8, 4) is 0 Å². The average Bonchev–Trinajstić information content (AvgIpc) is 2.84. The largest absolute Gasteiger partial charge is 0.480 e. The average molecular weight is 304 g/mol. The van der Waals surface area contributed by atoms with Crippen molar-refractivity contribution in [3.63, 3.8) is 0 Å². The highest BCUT2D eigenvalue weighted by atomic mass is 32.2. The second kappa shape index (κ2) is 4.60. The summed E-state index contributed by atoms with van der Waals surface area (Å²) < 4.78 is 30.5. The SMILES string of the molecule is CC(C(=O)O)S(=O)(=O)c1cccc2c1oc1ccccc12. The van der Waals surface area contributed by atoms with Crippen LogP contribution < -0.4 is 0 Å². The Kier molecular flexibility index (Phi) is 2.98. The Morgan fingerprint density at radius 3 is 2.48 bits per heavy atom. The third-order valence-electron chi connectivity index (χ3n) is 3.49. The number of carbonyl (C=O) groups is 1. The minimum absolute atomic E-state index is 0.0916. The van der Waals surface area contributed by atoms with Gasteiger partial charge in [0.05, 0.1) is 0 Å². The zero-order valence-electron chi connectivity index (χ0n) is 11.1. The van der Waals surface area contributed by atoms with Crippen molar-refractivity contribution in [3.05, 3.63) is 42.5 Å². The molecule has 3 aromatic rings. The van der Waals surface area contributed by atoms with Crippen LogP contribution in [0.3, 0.4) is 0 Å². The van der Waals surface area contributed by atoms with E-state index in [-0.39, 0.29) is 10.5 Å². The van der Waals surface area contributed by atoms with Crippen molar-refractivity contribution in [1.82, 2.24) is 0 Å². The van der Waals surface area contributed by atoms with Crippen molar-refractivity contribution in [2.45, 2.75) is 17.1 Å². The summed E-state index contributed by atoms with van der Waals surface area (Å²) in [5.41, 5.74) is 0.768. The highest BCUT2D eigenvalue weighted by Gasteiger charge is 2.32. The van der Waals surface area contributed by atoms with E-state index in [0.29, 0.717) is 11.0 Å². The molecule has 0 bridgehead atoms. The van der Waals surface area contributed by atoms with Crippen molar-refractivity contribution in [2.24, 2.45) is 0 Å². The molecule has 1 heterocycles. The van der Waals surface area contributed by atoms with E-state index < -0.39 is 21.1 Å². The fourth-order valence-electron chi connectivity index (χ4n) is 2.27. The second-order valence-corrected chi connectivity index (χ2v) is 6.99. The van der Waals surface area contributed by atoms with Gasteiger partial charge in [-0.05, 0) is 19.1 Å². The zero-order chi connectivity index (χ0) is 15.2. The first kappa shape index (κ1) is 13.6. The molecule has 0 spiro atoms. The summed E-state index contributed by atoms with van der Waals surface area (Å²) in [5.74, 6) is -1.39. The predicted octanol–water partition coefficient (Wildman–Crippen LogP) is 2.83. The number of carboxylic acid groups (broad SMARTS) is 1. The van der Waals surface area contributed by atoms with Crippen LogP contribution in [0.4, 0.5) is 0 Å². The molecule has 1 unspecified atom stereocenters. The number of hydrogen-bond acceptors (Lipinski definition) is 4. The van der Waals surface area contributed by atoms with Gasteiger partial charge in [0.15, 0.2) is 20.7 Å². The Morgan fingerprint density at radius 1 is 1.10 bits per heavy atom. The number of rotatable bonds is 3. The van der Waals surface area contributed by atoms with E-state index in [0.717, 1.165) is 12.3 Å². The Balaban J connectivity index is 2.37. The van der Waals surface area contributed by atoms with Gasteiger partial charge in [-0.2, -0.15) is 0 Å². The molecular weight excluding hydrogens is 292 g/mol. The Labute approximate surface area is 120 Å². The van der Waals surface area contributed by atoms with Gasteiger partial charge in [-0.25, -0.2) is 8.42 Å². The molecule has 0 fully saturated rings. The molecule has 0 radical (unpaired) electrons. The summed E-state index contributed by atoms with van der Waals surface area (Å²) in [7, 11) is -4.01. The number of sulfone groups is 1. The van der Waals surface area contributed by atoms with Crippen LogP contribution in [0.25, 0.3) is 21.9 Å². The monoisotopic (exact) mass is 304 g/mol. The summed E-state index contributed by atoms with van der Waals surface area (Å²) in [4.78, 5) is 10.9. The first-order valence-corrected chi connectivity index (χ1v) is 7.84. The fraction of sp³-hybridized carbons (Fsp3) is 0.133. The lowest BCUT2D eigenvalue weighted by Gasteiger charge is -2.08. The molecule has 3 rings (SSSR count). The summed E-state index contributed by atoms with van der Waals surface area (Å²) in [6.45, 7) is 1.15. The van der Waals surface area contributed by atoms with Crippen LogP contribution in [0, 0.1) is 0 Å². The third kappa shape index (κ3) is 1.99. The minimum atomic E-state index is -4.01. The first-order chi connectivity index (χ1) is 9.93. The summed E-state index contributed by atoms with van der Waals surface area (Å²) in [6, 6.07) is 11.9. The van der Waals surface area contributed by atoms with E-state index in [1.165, 1.54) is 6.07 Å². The molecule has 2 aromatic carbocycles. The molecule has 6 heteroatoms. The van der Waals surface area contributed by atoms with Gasteiger partial charge in [-0.15, -0.1) is 0 Å². The number of hydrogen-bond donors (Lipinski definition) is 1. The molecule has 0 aliphatic carbocycles. The van der Waals surface area contributed by atoms with E-state index in [1.807, 2.05) is 12.1 Å². The molecule has 0 saturated heterocycles. The van der Waals surface area contributed by atoms with Crippen molar-refractivity contribution < 1.29 is 22.7 Å². The summed E-state index contributed by atoms with van der Waals surface area (Å²) in [5, 5.41) is 8.91. The molecule has 0 aliphatic rings. The molecule has 1 N–H and O–H groups in total. The van der Waals surface area contributed by atoms with Crippen LogP contribution >= 0.6 is 0 Å². The maximum Gasteiger partial charge on any atom is 0.321 e. The second-order valence-electron chi connectivity index (χ2n) is 4.76. The lowest BCUT2D eigenvalue weighted by Crippen LogP contribution is -2.27. The van der Waals surface area contributed by atoms with Crippen LogP contribution in [-0.4, -0.2) is 24.7 Å². The van der Waals surface area contributed by atoms with E-state index >= 15 is 0 Å². The number of aliphatic carboxylic acids is 1. The number of fused-ring (bicyclic) bond motifs is 3. The number of para-hydroxylation sites is 2. The molecule has 0 aliphatic heterocycles. The smallest absolute Gasteiger partial charge is 0.321 e. The van der Waals surface area contributed by atoms with Gasteiger partial charge >= 0.3 is 5.97 Å². The van der Waals surface area contributed by atoms with Crippen LogP contribution in [0.5, 0.6) is 0 Å². The predicted molar refractivity (Wildman–Crippen MR) is 78.0 cm³/mol. The maximum atomic E-state index is 12.4. The van der Waals surface area contributed by atoms with E-state index in [2.05, 4.69) is 0 Å². The van der Waals surface area contributed by atoms with Crippen molar-refractivity contribution in [2.75, 3.05) is 0 Å². The quantitative estimate of drug-likeness (QED) is 0.804. The molecule has 108 valence electrons. The molecular formula is C15H12O5S. The molecule has 1 atom stereocenters. The van der Waals surface area contributed by atoms with Crippen LogP contribution in [-0.2, 0) is 14.6 Å². The van der Waals surface area contributed by atoms with Gasteiger partial charge in [0.2, 0.25) is 0 Å². The van der Waals surface area contributed by atoms with Gasteiger partial charge in [0.1, 0.15) is 10.5 Å². The van der Waals surface area contributed by atoms with Gasteiger partial charge in [-0.3, -0.25) is 4.79 Å². The van der Waals surface area contributed by atoms with Crippen LogP contribution in [0.1, 0.15) is 6.92 Å². The standard InChI is InChI=1S/C15H12O5S/c1-9(15(16)17)21(18,19)13-8-4-6-11-10-5-2-3-7-12(10)20-14(11)13/h2-9H,1H3,(H,16,17). The Bertz CT molecular complexity index is 953. The van der Waals surface area contributed by atoms with Gasteiger partial charge in [0.25, 0.3) is 0 Å². The Hall–Kier alpha value is -2.34. The van der Waals surface area contributed by atoms with E-state index in [4.69, 9.17) is 9.52 Å². The third-order valence-corrected chi connectivity index (χ3v) is 5.55. The van der Waals surface area contributed by atoms with E-state index in [9.17, 15) is 13.2 Å². The lowest BCUT2D eigenvalue weighted by atomic mass is 10.1. The topological polar surface area (TPSA) is 84.6 Å². The van der Waals surface area contributed by atoms with Gasteiger partial charge in [-0.1, -0.05) is 30.3 Å². The highest BCUT2D eigenvalue weighted by molar-refractivity contribution is 7.93.